The summed E-state index contributed by atoms with van der Waals surface area (Å²) >= 11 is 0. The fourth-order valence-corrected chi connectivity index (χ4v) is 4.12. The van der Waals surface area contributed by atoms with E-state index in [1.54, 1.807) is 0 Å². The molecule has 0 spiro atoms. The number of rotatable bonds is 5. The number of fused-ring (bicyclic) bond motifs is 1. The largest absolute Gasteiger partial charge is 0.356 e. The van der Waals surface area contributed by atoms with Gasteiger partial charge in [-0.2, -0.15) is 10.2 Å². The Labute approximate surface area is 171 Å². The SMILES string of the molecule is CCCNC(=O)C1CCCN(c2nnc(C)c3c(C)n(-c4ccccc4)nc23)C1. The van der Waals surface area contributed by atoms with Gasteiger partial charge in [-0.25, -0.2) is 4.68 Å². The van der Waals surface area contributed by atoms with Crippen LogP contribution in [0.1, 0.15) is 37.6 Å². The van der Waals surface area contributed by atoms with Crippen LogP contribution in [-0.4, -0.2) is 45.5 Å². The molecular formula is C22H28N6O. The number of amides is 1. The molecule has 1 aliphatic rings. The number of nitrogens with zero attached hydrogens (tertiary/aromatic N) is 5. The van der Waals surface area contributed by atoms with E-state index >= 15 is 0 Å². The zero-order chi connectivity index (χ0) is 20.4. The van der Waals surface area contributed by atoms with Gasteiger partial charge in [0, 0.05) is 19.6 Å². The second kappa shape index (κ2) is 8.19. The van der Waals surface area contributed by atoms with Crippen LogP contribution in [-0.2, 0) is 4.79 Å². The van der Waals surface area contributed by atoms with Crippen molar-refractivity contribution in [3.63, 3.8) is 0 Å². The normalized spacial score (nSPS) is 16.9. The van der Waals surface area contributed by atoms with E-state index in [2.05, 4.69) is 34.3 Å². The monoisotopic (exact) mass is 392 g/mol. The maximum absolute atomic E-state index is 12.5. The topological polar surface area (TPSA) is 75.9 Å². The Bertz CT molecular complexity index is 1010. The molecule has 1 aliphatic heterocycles. The smallest absolute Gasteiger partial charge is 0.224 e. The summed E-state index contributed by atoms with van der Waals surface area (Å²) in [7, 11) is 0. The number of benzene rings is 1. The van der Waals surface area contributed by atoms with E-state index in [-0.39, 0.29) is 11.8 Å². The number of carbonyl (C=O) groups excluding carboxylic acids is 1. The minimum absolute atomic E-state index is 0.0224. The summed E-state index contributed by atoms with van der Waals surface area (Å²) in [6.07, 6.45) is 2.81. The molecule has 1 saturated heterocycles. The van der Waals surface area contributed by atoms with Gasteiger partial charge >= 0.3 is 0 Å². The first-order valence-electron chi connectivity index (χ1n) is 10.4. The summed E-state index contributed by atoms with van der Waals surface area (Å²) in [4.78, 5) is 14.7. The summed E-state index contributed by atoms with van der Waals surface area (Å²) in [5.74, 6) is 0.890. The minimum Gasteiger partial charge on any atom is -0.356 e. The first-order valence-corrected chi connectivity index (χ1v) is 10.4. The lowest BCUT2D eigenvalue weighted by Crippen LogP contribution is -2.43. The average molecular weight is 393 g/mol. The van der Waals surface area contributed by atoms with E-state index in [0.29, 0.717) is 6.54 Å². The molecule has 0 radical (unpaired) electrons. The molecule has 29 heavy (non-hydrogen) atoms. The van der Waals surface area contributed by atoms with Crippen LogP contribution in [0.5, 0.6) is 0 Å². The van der Waals surface area contributed by atoms with E-state index in [0.717, 1.165) is 66.1 Å². The zero-order valence-corrected chi connectivity index (χ0v) is 17.4. The van der Waals surface area contributed by atoms with E-state index in [9.17, 15) is 4.79 Å². The van der Waals surface area contributed by atoms with Crippen molar-refractivity contribution in [3.8, 4) is 5.69 Å². The van der Waals surface area contributed by atoms with E-state index in [1.165, 1.54) is 0 Å². The number of hydrogen-bond acceptors (Lipinski definition) is 5. The van der Waals surface area contributed by atoms with E-state index in [1.807, 2.05) is 41.9 Å². The van der Waals surface area contributed by atoms with Crippen molar-refractivity contribution in [2.75, 3.05) is 24.5 Å². The number of nitrogens with one attached hydrogen (secondary N) is 1. The van der Waals surface area contributed by atoms with Crippen LogP contribution in [0.15, 0.2) is 30.3 Å². The van der Waals surface area contributed by atoms with Crippen molar-refractivity contribution in [2.45, 2.75) is 40.0 Å². The number of piperidine rings is 1. The fourth-order valence-electron chi connectivity index (χ4n) is 4.12. The van der Waals surface area contributed by atoms with Crippen molar-refractivity contribution < 1.29 is 4.79 Å². The van der Waals surface area contributed by atoms with Gasteiger partial charge in [0.05, 0.1) is 28.4 Å². The summed E-state index contributed by atoms with van der Waals surface area (Å²) in [6, 6.07) is 10.1. The highest BCUT2D eigenvalue weighted by Gasteiger charge is 2.29. The third-order valence-corrected chi connectivity index (χ3v) is 5.63. The molecule has 1 fully saturated rings. The third-order valence-electron chi connectivity index (χ3n) is 5.63. The number of aryl methyl sites for hydroxylation is 2. The summed E-state index contributed by atoms with van der Waals surface area (Å²) in [6.45, 7) is 8.35. The molecule has 2 aromatic heterocycles. The second-order valence-electron chi connectivity index (χ2n) is 7.74. The van der Waals surface area contributed by atoms with E-state index < -0.39 is 0 Å². The van der Waals surface area contributed by atoms with Crippen LogP contribution in [0.25, 0.3) is 16.6 Å². The fraction of sp³-hybridized carbons (Fsp3) is 0.455. The maximum atomic E-state index is 12.5. The maximum Gasteiger partial charge on any atom is 0.224 e. The van der Waals surface area contributed by atoms with Gasteiger partial charge in [-0.05, 0) is 45.2 Å². The van der Waals surface area contributed by atoms with Crippen LogP contribution in [0, 0.1) is 19.8 Å². The Hall–Kier alpha value is -2.96. The lowest BCUT2D eigenvalue weighted by Gasteiger charge is -2.32. The van der Waals surface area contributed by atoms with Crippen molar-refractivity contribution in [3.05, 3.63) is 41.7 Å². The molecule has 152 valence electrons. The van der Waals surface area contributed by atoms with Gasteiger partial charge in [-0.3, -0.25) is 4.79 Å². The first-order chi connectivity index (χ1) is 14.1. The summed E-state index contributed by atoms with van der Waals surface area (Å²) in [5.41, 5.74) is 3.79. The second-order valence-corrected chi connectivity index (χ2v) is 7.74. The Kier molecular flexibility index (Phi) is 5.47. The molecule has 1 amide bonds. The summed E-state index contributed by atoms with van der Waals surface area (Å²) in [5, 5.41) is 17.9. The molecule has 0 bridgehead atoms. The van der Waals surface area contributed by atoms with E-state index in [4.69, 9.17) is 5.10 Å². The van der Waals surface area contributed by atoms with Gasteiger partial charge in [0.1, 0.15) is 5.52 Å². The molecule has 0 saturated carbocycles. The highest BCUT2D eigenvalue weighted by molar-refractivity contribution is 5.92. The Morgan fingerprint density at radius 2 is 2.00 bits per heavy atom. The van der Waals surface area contributed by atoms with Crippen molar-refractivity contribution in [2.24, 2.45) is 5.92 Å². The molecule has 0 aliphatic carbocycles. The molecule has 3 aromatic rings. The molecule has 3 heterocycles. The van der Waals surface area contributed by atoms with Gasteiger partial charge in [-0.1, -0.05) is 25.1 Å². The lowest BCUT2D eigenvalue weighted by atomic mass is 9.97. The number of anilines is 1. The number of aromatic nitrogens is 4. The quantitative estimate of drug-likeness (QED) is 0.722. The van der Waals surface area contributed by atoms with Gasteiger partial charge in [0.25, 0.3) is 0 Å². The minimum atomic E-state index is -0.0224. The van der Waals surface area contributed by atoms with Crippen LogP contribution in [0.4, 0.5) is 5.82 Å². The standard InChI is InChI=1S/C22H28N6O/c1-4-12-23-22(29)17-9-8-13-27(14-17)21-20-19(15(2)24-25-21)16(3)28(26-20)18-10-6-5-7-11-18/h5-7,10-11,17H,4,8-9,12-14H2,1-3H3,(H,23,29). The molecule has 1 unspecified atom stereocenters. The molecular weight excluding hydrogens is 364 g/mol. The van der Waals surface area contributed by atoms with Crippen molar-refractivity contribution in [1.29, 1.82) is 0 Å². The van der Waals surface area contributed by atoms with Gasteiger partial charge in [-0.15, -0.1) is 5.10 Å². The average Bonchev–Trinajstić information content (AvgIpc) is 3.11. The lowest BCUT2D eigenvalue weighted by molar-refractivity contribution is -0.125. The van der Waals surface area contributed by atoms with Crippen LogP contribution >= 0.6 is 0 Å². The van der Waals surface area contributed by atoms with Crippen LogP contribution < -0.4 is 10.2 Å². The molecule has 1 N–H and O–H groups in total. The number of carbonyl (C=O) groups is 1. The van der Waals surface area contributed by atoms with Crippen molar-refractivity contribution in [1.82, 2.24) is 25.3 Å². The first kappa shape index (κ1) is 19.4. The van der Waals surface area contributed by atoms with Crippen molar-refractivity contribution >= 4 is 22.6 Å². The molecule has 7 heteroatoms. The summed E-state index contributed by atoms with van der Waals surface area (Å²) < 4.78 is 1.96. The molecule has 4 rings (SSSR count). The van der Waals surface area contributed by atoms with Gasteiger partial charge in [0.2, 0.25) is 5.91 Å². The van der Waals surface area contributed by atoms with Gasteiger partial charge in [0.15, 0.2) is 5.82 Å². The number of hydrogen-bond donors (Lipinski definition) is 1. The Morgan fingerprint density at radius 1 is 1.21 bits per heavy atom. The Morgan fingerprint density at radius 3 is 2.76 bits per heavy atom. The highest BCUT2D eigenvalue weighted by atomic mass is 16.1. The van der Waals surface area contributed by atoms with Crippen LogP contribution in [0.2, 0.25) is 0 Å². The molecule has 1 aromatic carbocycles. The third kappa shape index (κ3) is 3.69. The zero-order valence-electron chi connectivity index (χ0n) is 17.4. The molecule has 1 atom stereocenters. The number of para-hydroxylation sites is 1. The van der Waals surface area contributed by atoms with Crippen LogP contribution in [0.3, 0.4) is 0 Å². The predicted molar refractivity (Wildman–Crippen MR) is 114 cm³/mol. The molecule has 7 nitrogen and oxygen atoms in total. The highest BCUT2D eigenvalue weighted by Crippen LogP contribution is 2.31. The predicted octanol–water partition coefficient (Wildman–Crippen LogP) is 3.17. The van der Waals surface area contributed by atoms with Gasteiger partial charge < -0.3 is 10.2 Å². The Balaban J connectivity index is 1.71.